The largest absolute Gasteiger partial charge is 0.482 e. The summed E-state index contributed by atoms with van der Waals surface area (Å²) in [6, 6.07) is 23.0. The molecule has 0 atom stereocenters. The Hall–Kier alpha value is -4.13. The Morgan fingerprint density at radius 3 is 2.59 bits per heavy atom. The number of hydrogen-bond acceptors (Lipinski definition) is 4. The van der Waals surface area contributed by atoms with Crippen LogP contribution in [0, 0.1) is 0 Å². The first-order chi connectivity index (χ1) is 15.6. The number of anilines is 2. The topological polar surface area (TPSA) is 76.5 Å². The molecule has 3 aromatic carbocycles. The van der Waals surface area contributed by atoms with E-state index in [1.54, 1.807) is 4.90 Å². The first-order valence-electron chi connectivity index (χ1n) is 10.4. The van der Waals surface area contributed by atoms with E-state index < -0.39 is 0 Å². The molecular formula is C25H22N4O3. The minimum atomic E-state index is -0.155. The van der Waals surface area contributed by atoms with E-state index in [4.69, 9.17) is 9.72 Å². The molecule has 1 aliphatic rings. The molecular weight excluding hydrogens is 404 g/mol. The van der Waals surface area contributed by atoms with E-state index in [2.05, 4.69) is 9.88 Å². The molecule has 32 heavy (non-hydrogen) atoms. The van der Waals surface area contributed by atoms with E-state index in [1.807, 2.05) is 79.8 Å². The number of rotatable bonds is 5. The Bertz CT molecular complexity index is 1310. The van der Waals surface area contributed by atoms with E-state index in [-0.39, 0.29) is 24.8 Å². The minimum absolute atomic E-state index is 0.0116. The maximum absolute atomic E-state index is 12.5. The summed E-state index contributed by atoms with van der Waals surface area (Å²) in [5, 5.41) is 2.90. The predicted octanol–water partition coefficient (Wildman–Crippen LogP) is 3.99. The average molecular weight is 426 g/mol. The van der Waals surface area contributed by atoms with Crippen LogP contribution in [0.3, 0.4) is 0 Å². The molecule has 1 aliphatic heterocycles. The summed E-state index contributed by atoms with van der Waals surface area (Å²) < 4.78 is 7.50. The van der Waals surface area contributed by atoms with Crippen molar-refractivity contribution in [3.63, 3.8) is 0 Å². The van der Waals surface area contributed by atoms with Gasteiger partial charge in [-0.15, -0.1) is 0 Å². The number of benzene rings is 3. The number of nitrogens with zero attached hydrogens (tertiary/aromatic N) is 3. The molecule has 0 fully saturated rings. The summed E-state index contributed by atoms with van der Waals surface area (Å²) in [4.78, 5) is 31.1. The first kappa shape index (κ1) is 19.8. The molecule has 0 bridgehead atoms. The summed E-state index contributed by atoms with van der Waals surface area (Å²) in [5.41, 5.74) is 4.38. The number of para-hydroxylation sites is 4. The number of aryl methyl sites for hydroxylation is 1. The molecule has 4 aromatic rings. The van der Waals surface area contributed by atoms with Crippen molar-refractivity contribution in [2.75, 3.05) is 23.4 Å². The molecule has 1 N–H and O–H groups in total. The van der Waals surface area contributed by atoms with Gasteiger partial charge in [0.25, 0.3) is 5.91 Å². The fourth-order valence-corrected chi connectivity index (χ4v) is 3.94. The Morgan fingerprint density at radius 1 is 1.03 bits per heavy atom. The standard InChI is InChI=1S/C25H22N4O3/c1-28-20-7-3-2-6-19(20)27-25(28)17-10-12-18(13-11-17)26-23(30)14-15-29-21-8-4-5-9-22(21)32-16-24(29)31/h2-13H,14-16H2,1H3,(H,26,30). The first-order valence-corrected chi connectivity index (χ1v) is 10.4. The summed E-state index contributed by atoms with van der Waals surface area (Å²) in [5.74, 6) is 1.22. The van der Waals surface area contributed by atoms with Crippen molar-refractivity contribution < 1.29 is 14.3 Å². The molecule has 0 unspecified atom stereocenters. The van der Waals surface area contributed by atoms with Crippen molar-refractivity contribution in [2.24, 2.45) is 7.05 Å². The van der Waals surface area contributed by atoms with Crippen LogP contribution < -0.4 is 15.0 Å². The summed E-state index contributed by atoms with van der Waals surface area (Å²) >= 11 is 0. The Morgan fingerprint density at radius 2 is 1.78 bits per heavy atom. The van der Waals surface area contributed by atoms with E-state index in [0.717, 1.165) is 22.4 Å². The van der Waals surface area contributed by atoms with Gasteiger partial charge >= 0.3 is 0 Å². The number of carbonyl (C=O) groups excluding carboxylic acids is 2. The average Bonchev–Trinajstić information content (AvgIpc) is 3.15. The molecule has 0 saturated heterocycles. The summed E-state index contributed by atoms with van der Waals surface area (Å²) in [6.07, 6.45) is 0.187. The van der Waals surface area contributed by atoms with Gasteiger partial charge in [0.1, 0.15) is 11.6 Å². The van der Waals surface area contributed by atoms with Crippen LogP contribution >= 0.6 is 0 Å². The predicted molar refractivity (Wildman–Crippen MR) is 124 cm³/mol. The van der Waals surface area contributed by atoms with Gasteiger partial charge in [-0.25, -0.2) is 4.98 Å². The Balaban J connectivity index is 1.25. The second-order valence-electron chi connectivity index (χ2n) is 7.66. The van der Waals surface area contributed by atoms with Crippen molar-refractivity contribution in [3.05, 3.63) is 72.8 Å². The van der Waals surface area contributed by atoms with Crippen LogP contribution in [0.1, 0.15) is 6.42 Å². The van der Waals surface area contributed by atoms with Crippen LogP contribution in [0.15, 0.2) is 72.8 Å². The quantitative estimate of drug-likeness (QED) is 0.523. The van der Waals surface area contributed by atoms with Crippen molar-refractivity contribution in [1.29, 1.82) is 0 Å². The number of hydrogen-bond donors (Lipinski definition) is 1. The Labute approximate surface area is 185 Å². The third kappa shape index (κ3) is 3.69. The highest BCUT2D eigenvalue weighted by Crippen LogP contribution is 2.31. The van der Waals surface area contributed by atoms with Crippen molar-refractivity contribution in [3.8, 4) is 17.1 Å². The van der Waals surface area contributed by atoms with Gasteiger partial charge in [-0.1, -0.05) is 24.3 Å². The minimum Gasteiger partial charge on any atom is -0.482 e. The van der Waals surface area contributed by atoms with Crippen LogP contribution in [0.4, 0.5) is 11.4 Å². The lowest BCUT2D eigenvalue weighted by molar-refractivity contribution is -0.121. The highest BCUT2D eigenvalue weighted by Gasteiger charge is 2.25. The highest BCUT2D eigenvalue weighted by atomic mass is 16.5. The summed E-state index contributed by atoms with van der Waals surface area (Å²) in [6.45, 7) is 0.283. The van der Waals surface area contributed by atoms with E-state index in [0.29, 0.717) is 23.7 Å². The second-order valence-corrected chi connectivity index (χ2v) is 7.66. The molecule has 1 aromatic heterocycles. The number of imidazole rings is 1. The number of aromatic nitrogens is 2. The number of ether oxygens (including phenoxy) is 1. The SMILES string of the molecule is Cn1c(-c2ccc(NC(=O)CCN3C(=O)COc4ccccc43)cc2)nc2ccccc21. The third-order valence-electron chi connectivity index (χ3n) is 5.58. The third-order valence-corrected chi connectivity index (χ3v) is 5.58. The zero-order valence-electron chi connectivity index (χ0n) is 17.6. The maximum Gasteiger partial charge on any atom is 0.265 e. The molecule has 160 valence electrons. The highest BCUT2D eigenvalue weighted by molar-refractivity contribution is 5.99. The zero-order chi connectivity index (χ0) is 22.1. The van der Waals surface area contributed by atoms with Crippen molar-refractivity contribution in [1.82, 2.24) is 9.55 Å². The number of nitrogens with one attached hydrogen (secondary N) is 1. The van der Waals surface area contributed by atoms with Gasteiger partial charge in [-0.2, -0.15) is 0 Å². The molecule has 7 heteroatoms. The molecule has 2 heterocycles. The van der Waals surface area contributed by atoms with Crippen LogP contribution in [0.5, 0.6) is 5.75 Å². The number of fused-ring (bicyclic) bond motifs is 2. The van der Waals surface area contributed by atoms with E-state index >= 15 is 0 Å². The van der Waals surface area contributed by atoms with Crippen LogP contribution in [-0.4, -0.2) is 34.5 Å². The number of amides is 2. The van der Waals surface area contributed by atoms with Gasteiger partial charge in [-0.3, -0.25) is 9.59 Å². The summed E-state index contributed by atoms with van der Waals surface area (Å²) in [7, 11) is 1.99. The molecule has 0 radical (unpaired) electrons. The fourth-order valence-electron chi connectivity index (χ4n) is 3.94. The van der Waals surface area contributed by atoms with Gasteiger partial charge in [0.2, 0.25) is 5.91 Å². The molecule has 0 spiro atoms. The van der Waals surface area contributed by atoms with Crippen LogP contribution in [0.2, 0.25) is 0 Å². The lowest BCUT2D eigenvalue weighted by Gasteiger charge is -2.29. The molecule has 2 amide bonds. The van der Waals surface area contributed by atoms with E-state index in [1.165, 1.54) is 0 Å². The lowest BCUT2D eigenvalue weighted by Crippen LogP contribution is -2.40. The number of carbonyl (C=O) groups is 2. The van der Waals surface area contributed by atoms with Crippen molar-refractivity contribution in [2.45, 2.75) is 6.42 Å². The molecule has 0 saturated carbocycles. The van der Waals surface area contributed by atoms with E-state index in [9.17, 15) is 9.59 Å². The molecule has 0 aliphatic carbocycles. The van der Waals surface area contributed by atoms with Crippen LogP contribution in [0.25, 0.3) is 22.4 Å². The smallest absolute Gasteiger partial charge is 0.265 e. The molecule has 7 nitrogen and oxygen atoms in total. The zero-order valence-corrected chi connectivity index (χ0v) is 17.6. The molecule has 5 rings (SSSR count). The van der Waals surface area contributed by atoms with Gasteiger partial charge in [0, 0.05) is 31.3 Å². The van der Waals surface area contributed by atoms with Gasteiger partial charge in [-0.05, 0) is 48.5 Å². The maximum atomic E-state index is 12.5. The van der Waals surface area contributed by atoms with Gasteiger partial charge in [0.05, 0.1) is 16.7 Å². The monoisotopic (exact) mass is 426 g/mol. The lowest BCUT2D eigenvalue weighted by atomic mass is 10.2. The fraction of sp³-hybridized carbons (Fsp3) is 0.160. The van der Waals surface area contributed by atoms with Gasteiger partial charge < -0.3 is 19.5 Å². The normalized spacial score (nSPS) is 13.0. The van der Waals surface area contributed by atoms with Gasteiger partial charge in [0.15, 0.2) is 6.61 Å². The second kappa shape index (κ2) is 8.19. The Kier molecular flexibility index (Phi) is 5.07. The van der Waals surface area contributed by atoms with Crippen LogP contribution in [-0.2, 0) is 16.6 Å². The van der Waals surface area contributed by atoms with Crippen molar-refractivity contribution >= 4 is 34.2 Å².